The number of anilines is 2. The Balaban J connectivity index is 1.47. The van der Waals surface area contributed by atoms with E-state index in [2.05, 4.69) is 36.6 Å². The van der Waals surface area contributed by atoms with Crippen LogP contribution in [0.4, 0.5) is 11.6 Å². The molecule has 112 valence electrons. The summed E-state index contributed by atoms with van der Waals surface area (Å²) in [6.07, 6.45) is 6.27. The fraction of sp³-hybridized carbons (Fsp3) is 0.533. The van der Waals surface area contributed by atoms with Crippen LogP contribution in [0.25, 0.3) is 0 Å². The van der Waals surface area contributed by atoms with Crippen molar-refractivity contribution in [3.05, 3.63) is 28.5 Å². The molecule has 3 rings (SSSR count). The topological polar surface area (TPSA) is 53.9 Å². The number of rotatable bonds is 6. The third kappa shape index (κ3) is 3.91. The van der Waals surface area contributed by atoms with E-state index in [9.17, 15) is 0 Å². The van der Waals surface area contributed by atoms with Crippen molar-refractivity contribution in [1.29, 1.82) is 0 Å². The van der Waals surface area contributed by atoms with Crippen LogP contribution >= 0.6 is 11.3 Å². The molecule has 0 radical (unpaired) electrons. The van der Waals surface area contributed by atoms with Crippen molar-refractivity contribution in [2.24, 2.45) is 0 Å². The van der Waals surface area contributed by atoms with Crippen LogP contribution in [0.1, 0.15) is 30.0 Å². The minimum absolute atomic E-state index is 0.912. The Labute approximate surface area is 129 Å². The van der Waals surface area contributed by atoms with Crippen molar-refractivity contribution in [2.45, 2.75) is 32.6 Å². The van der Waals surface area contributed by atoms with E-state index in [0.29, 0.717) is 0 Å². The third-order valence-electron chi connectivity index (χ3n) is 3.62. The Morgan fingerprint density at radius 1 is 1.29 bits per heavy atom. The fourth-order valence-corrected chi connectivity index (χ4v) is 3.35. The fourth-order valence-electron chi connectivity index (χ4n) is 2.54. The van der Waals surface area contributed by atoms with E-state index >= 15 is 0 Å². The standard InChI is InChI=1S/C15H21N5S/c1-12-10-21-15(19-12)5-4-6-16-13-9-14(18-11-17-13)20-7-2-3-8-20/h9-11H,2-8H2,1H3,(H,16,17,18). The van der Waals surface area contributed by atoms with Gasteiger partial charge in [0.25, 0.3) is 0 Å². The number of aryl methyl sites for hydroxylation is 2. The number of nitrogens with zero attached hydrogens (tertiary/aromatic N) is 4. The van der Waals surface area contributed by atoms with Crippen molar-refractivity contribution in [2.75, 3.05) is 29.9 Å². The van der Waals surface area contributed by atoms with Crippen molar-refractivity contribution < 1.29 is 0 Å². The Morgan fingerprint density at radius 2 is 2.14 bits per heavy atom. The lowest BCUT2D eigenvalue weighted by molar-refractivity contribution is 0.845. The van der Waals surface area contributed by atoms with Crippen LogP contribution in [0.15, 0.2) is 17.8 Å². The van der Waals surface area contributed by atoms with Gasteiger partial charge in [-0.3, -0.25) is 0 Å². The van der Waals surface area contributed by atoms with E-state index in [0.717, 1.165) is 49.8 Å². The van der Waals surface area contributed by atoms with Gasteiger partial charge in [-0.15, -0.1) is 11.3 Å². The summed E-state index contributed by atoms with van der Waals surface area (Å²) in [6.45, 7) is 5.17. The van der Waals surface area contributed by atoms with Crippen LogP contribution in [0.2, 0.25) is 0 Å². The highest BCUT2D eigenvalue weighted by molar-refractivity contribution is 7.09. The summed E-state index contributed by atoms with van der Waals surface area (Å²) in [5.74, 6) is 1.96. The summed E-state index contributed by atoms with van der Waals surface area (Å²) < 4.78 is 0. The monoisotopic (exact) mass is 303 g/mol. The second-order valence-electron chi connectivity index (χ2n) is 5.37. The zero-order chi connectivity index (χ0) is 14.5. The highest BCUT2D eigenvalue weighted by Crippen LogP contribution is 2.19. The molecule has 3 heterocycles. The molecule has 0 bridgehead atoms. The zero-order valence-electron chi connectivity index (χ0n) is 12.4. The quantitative estimate of drug-likeness (QED) is 0.832. The van der Waals surface area contributed by atoms with E-state index in [1.165, 1.54) is 17.8 Å². The number of nitrogens with one attached hydrogen (secondary N) is 1. The SMILES string of the molecule is Cc1csc(CCCNc2cc(N3CCCC3)ncn2)n1. The average Bonchev–Trinajstić information content (AvgIpc) is 3.16. The van der Waals surface area contributed by atoms with E-state index in [-0.39, 0.29) is 0 Å². The normalized spacial score (nSPS) is 14.6. The Bertz CT molecular complexity index is 577. The number of hydrogen-bond acceptors (Lipinski definition) is 6. The van der Waals surface area contributed by atoms with Gasteiger partial charge in [0.15, 0.2) is 0 Å². The highest BCUT2D eigenvalue weighted by Gasteiger charge is 2.13. The van der Waals surface area contributed by atoms with E-state index in [1.54, 1.807) is 17.7 Å². The molecule has 1 N–H and O–H groups in total. The summed E-state index contributed by atoms with van der Waals surface area (Å²) in [5, 5.41) is 6.71. The Hall–Kier alpha value is -1.69. The second-order valence-corrected chi connectivity index (χ2v) is 6.31. The Morgan fingerprint density at radius 3 is 2.90 bits per heavy atom. The lowest BCUT2D eigenvalue weighted by Crippen LogP contribution is -2.19. The molecule has 0 amide bonds. The van der Waals surface area contributed by atoms with Crippen LogP contribution in [0.3, 0.4) is 0 Å². The van der Waals surface area contributed by atoms with Gasteiger partial charge in [0, 0.05) is 43.2 Å². The molecule has 0 unspecified atom stereocenters. The smallest absolute Gasteiger partial charge is 0.134 e. The van der Waals surface area contributed by atoms with Gasteiger partial charge in [-0.05, 0) is 26.2 Å². The molecule has 1 fully saturated rings. The summed E-state index contributed by atoms with van der Waals surface area (Å²) in [7, 11) is 0. The van der Waals surface area contributed by atoms with Crippen molar-refractivity contribution in [1.82, 2.24) is 15.0 Å². The molecule has 1 aliphatic rings. The molecule has 0 aromatic carbocycles. The lowest BCUT2D eigenvalue weighted by Gasteiger charge is -2.16. The molecule has 0 atom stereocenters. The molecule has 0 saturated carbocycles. The van der Waals surface area contributed by atoms with Crippen LogP contribution in [0, 0.1) is 6.92 Å². The summed E-state index contributed by atoms with van der Waals surface area (Å²) >= 11 is 1.74. The molecule has 2 aromatic heterocycles. The van der Waals surface area contributed by atoms with Gasteiger partial charge in [0.2, 0.25) is 0 Å². The minimum Gasteiger partial charge on any atom is -0.370 e. The van der Waals surface area contributed by atoms with Gasteiger partial charge < -0.3 is 10.2 Å². The van der Waals surface area contributed by atoms with Crippen LogP contribution in [0.5, 0.6) is 0 Å². The Kier molecular flexibility index (Phi) is 4.65. The van der Waals surface area contributed by atoms with Crippen molar-refractivity contribution in [3.8, 4) is 0 Å². The van der Waals surface area contributed by atoms with E-state index < -0.39 is 0 Å². The molecule has 6 heteroatoms. The maximum absolute atomic E-state index is 4.48. The van der Waals surface area contributed by atoms with Crippen molar-refractivity contribution in [3.63, 3.8) is 0 Å². The van der Waals surface area contributed by atoms with E-state index in [1.807, 2.05) is 6.92 Å². The molecule has 0 aliphatic carbocycles. The van der Waals surface area contributed by atoms with Crippen molar-refractivity contribution >= 4 is 23.0 Å². The van der Waals surface area contributed by atoms with Gasteiger partial charge >= 0.3 is 0 Å². The third-order valence-corrected chi connectivity index (χ3v) is 4.65. The first kappa shape index (κ1) is 14.3. The molecule has 1 saturated heterocycles. The number of thiazole rings is 1. The number of hydrogen-bond donors (Lipinski definition) is 1. The van der Waals surface area contributed by atoms with E-state index in [4.69, 9.17) is 0 Å². The largest absolute Gasteiger partial charge is 0.370 e. The molecule has 0 spiro atoms. The first-order valence-electron chi connectivity index (χ1n) is 7.53. The summed E-state index contributed by atoms with van der Waals surface area (Å²) in [5.41, 5.74) is 1.12. The first-order chi connectivity index (χ1) is 10.3. The summed E-state index contributed by atoms with van der Waals surface area (Å²) in [4.78, 5) is 15.5. The van der Waals surface area contributed by atoms with Gasteiger partial charge in [-0.1, -0.05) is 0 Å². The van der Waals surface area contributed by atoms with Gasteiger partial charge in [0.05, 0.1) is 5.01 Å². The van der Waals surface area contributed by atoms with Gasteiger partial charge in [-0.25, -0.2) is 15.0 Å². The number of aromatic nitrogens is 3. The molecule has 21 heavy (non-hydrogen) atoms. The molecule has 2 aromatic rings. The highest BCUT2D eigenvalue weighted by atomic mass is 32.1. The predicted octanol–water partition coefficient (Wildman–Crippen LogP) is 2.89. The van der Waals surface area contributed by atoms with Crippen LogP contribution in [-0.4, -0.2) is 34.6 Å². The minimum atomic E-state index is 0.912. The lowest BCUT2D eigenvalue weighted by atomic mass is 10.3. The molecule has 5 nitrogen and oxygen atoms in total. The molecular weight excluding hydrogens is 282 g/mol. The zero-order valence-corrected chi connectivity index (χ0v) is 13.2. The maximum Gasteiger partial charge on any atom is 0.134 e. The van der Waals surface area contributed by atoms with Crippen LogP contribution in [-0.2, 0) is 6.42 Å². The second kappa shape index (κ2) is 6.85. The predicted molar refractivity (Wildman–Crippen MR) is 87.1 cm³/mol. The van der Waals surface area contributed by atoms with Gasteiger partial charge in [-0.2, -0.15) is 0 Å². The van der Waals surface area contributed by atoms with Crippen LogP contribution < -0.4 is 10.2 Å². The maximum atomic E-state index is 4.48. The average molecular weight is 303 g/mol. The summed E-state index contributed by atoms with van der Waals surface area (Å²) in [6, 6.07) is 2.05. The molecule has 1 aliphatic heterocycles. The molecular formula is C15H21N5S. The first-order valence-corrected chi connectivity index (χ1v) is 8.41. The van der Waals surface area contributed by atoms with Gasteiger partial charge in [0.1, 0.15) is 18.0 Å².